The number of hydrogen-bond acceptors (Lipinski definition) is 3. The fourth-order valence-electron chi connectivity index (χ4n) is 2.24. The Labute approximate surface area is 132 Å². The first-order chi connectivity index (χ1) is 10.7. The Balaban J connectivity index is 1.68. The van der Waals surface area contributed by atoms with E-state index in [1.165, 1.54) is 12.8 Å². The molecule has 0 heterocycles. The predicted octanol–water partition coefficient (Wildman–Crippen LogP) is 1.15. The van der Waals surface area contributed by atoms with Crippen LogP contribution in [0.2, 0.25) is 0 Å². The van der Waals surface area contributed by atoms with Crippen LogP contribution in [0.5, 0.6) is 0 Å². The highest BCUT2D eigenvalue weighted by Gasteiger charge is 2.20. The second kappa shape index (κ2) is 8.54. The standard InChI is InChI=1S/C17H25N3O2/c1-2-20(13-15-6-4-3-5-7-15)17(22)12-19-16(21)11-18-10-14-8-9-14/h3-7,14,18H,2,8-13H2,1H3,(H,19,21). The molecule has 1 saturated carbocycles. The average Bonchev–Trinajstić information content (AvgIpc) is 3.35. The molecule has 0 aromatic heterocycles. The Morgan fingerprint density at radius 1 is 1.18 bits per heavy atom. The van der Waals surface area contributed by atoms with E-state index in [-0.39, 0.29) is 24.9 Å². The van der Waals surface area contributed by atoms with Gasteiger partial charge < -0.3 is 15.5 Å². The minimum Gasteiger partial charge on any atom is -0.346 e. The van der Waals surface area contributed by atoms with Crippen molar-refractivity contribution in [3.8, 4) is 0 Å². The van der Waals surface area contributed by atoms with E-state index in [1.807, 2.05) is 37.3 Å². The van der Waals surface area contributed by atoms with Gasteiger partial charge in [-0.2, -0.15) is 0 Å². The van der Waals surface area contributed by atoms with E-state index < -0.39 is 0 Å². The molecule has 0 aliphatic heterocycles. The lowest BCUT2D eigenvalue weighted by atomic mass is 10.2. The molecule has 120 valence electrons. The van der Waals surface area contributed by atoms with Crippen molar-refractivity contribution in [2.45, 2.75) is 26.3 Å². The van der Waals surface area contributed by atoms with Crippen molar-refractivity contribution >= 4 is 11.8 Å². The quantitative estimate of drug-likeness (QED) is 0.719. The van der Waals surface area contributed by atoms with Crippen LogP contribution in [0.4, 0.5) is 0 Å². The average molecular weight is 303 g/mol. The van der Waals surface area contributed by atoms with Crippen LogP contribution >= 0.6 is 0 Å². The van der Waals surface area contributed by atoms with Crippen molar-refractivity contribution in [3.63, 3.8) is 0 Å². The minimum atomic E-state index is -0.121. The third kappa shape index (κ3) is 5.85. The summed E-state index contributed by atoms with van der Waals surface area (Å²) in [6.07, 6.45) is 2.52. The molecule has 1 aliphatic rings. The predicted molar refractivity (Wildman–Crippen MR) is 86.1 cm³/mol. The lowest BCUT2D eigenvalue weighted by molar-refractivity contribution is -0.133. The van der Waals surface area contributed by atoms with Crippen molar-refractivity contribution in [2.24, 2.45) is 5.92 Å². The van der Waals surface area contributed by atoms with Crippen LogP contribution in [0.3, 0.4) is 0 Å². The molecule has 1 aromatic carbocycles. The summed E-state index contributed by atoms with van der Waals surface area (Å²) >= 11 is 0. The summed E-state index contributed by atoms with van der Waals surface area (Å²) in [5, 5.41) is 5.80. The van der Waals surface area contributed by atoms with Crippen LogP contribution in [-0.4, -0.2) is 42.9 Å². The summed E-state index contributed by atoms with van der Waals surface area (Å²) in [6.45, 7) is 4.39. The Morgan fingerprint density at radius 2 is 1.91 bits per heavy atom. The molecule has 0 atom stereocenters. The van der Waals surface area contributed by atoms with Gasteiger partial charge in [-0.3, -0.25) is 9.59 Å². The molecule has 0 saturated heterocycles. The summed E-state index contributed by atoms with van der Waals surface area (Å²) in [5.74, 6) is 0.572. The van der Waals surface area contributed by atoms with E-state index in [1.54, 1.807) is 4.90 Å². The highest BCUT2D eigenvalue weighted by atomic mass is 16.2. The summed E-state index contributed by atoms with van der Waals surface area (Å²) < 4.78 is 0. The van der Waals surface area contributed by atoms with E-state index in [2.05, 4.69) is 10.6 Å². The van der Waals surface area contributed by atoms with E-state index in [4.69, 9.17) is 0 Å². The minimum absolute atomic E-state index is 0.0538. The van der Waals surface area contributed by atoms with Gasteiger partial charge in [0.1, 0.15) is 0 Å². The molecule has 5 nitrogen and oxygen atoms in total. The molecule has 0 spiro atoms. The van der Waals surface area contributed by atoms with Crippen LogP contribution in [-0.2, 0) is 16.1 Å². The van der Waals surface area contributed by atoms with Gasteiger partial charge in [0.15, 0.2) is 0 Å². The summed E-state index contributed by atoms with van der Waals surface area (Å²) in [7, 11) is 0. The third-order valence-electron chi connectivity index (χ3n) is 3.80. The Bertz CT molecular complexity index is 486. The Kier molecular flexibility index (Phi) is 6.40. The monoisotopic (exact) mass is 303 g/mol. The lowest BCUT2D eigenvalue weighted by Crippen LogP contribution is -2.42. The maximum atomic E-state index is 12.2. The number of nitrogens with zero attached hydrogens (tertiary/aromatic N) is 1. The Morgan fingerprint density at radius 3 is 2.55 bits per heavy atom. The van der Waals surface area contributed by atoms with Crippen molar-refractivity contribution in [3.05, 3.63) is 35.9 Å². The zero-order valence-corrected chi connectivity index (χ0v) is 13.2. The fourth-order valence-corrected chi connectivity index (χ4v) is 2.24. The SMILES string of the molecule is CCN(Cc1ccccc1)C(=O)CNC(=O)CNCC1CC1. The molecule has 2 N–H and O–H groups in total. The van der Waals surface area contributed by atoms with Gasteiger partial charge in [-0.05, 0) is 37.8 Å². The van der Waals surface area contributed by atoms with Gasteiger partial charge in [0, 0.05) is 13.1 Å². The van der Waals surface area contributed by atoms with Crippen molar-refractivity contribution in [2.75, 3.05) is 26.2 Å². The number of hydrogen-bond donors (Lipinski definition) is 2. The second-order valence-electron chi connectivity index (χ2n) is 5.74. The van der Waals surface area contributed by atoms with Crippen LogP contribution in [0.25, 0.3) is 0 Å². The number of likely N-dealkylation sites (N-methyl/N-ethyl adjacent to an activating group) is 1. The topological polar surface area (TPSA) is 61.4 Å². The molecule has 2 amide bonds. The van der Waals surface area contributed by atoms with Crippen LogP contribution < -0.4 is 10.6 Å². The molecule has 0 radical (unpaired) electrons. The molecule has 2 rings (SSSR count). The van der Waals surface area contributed by atoms with Crippen molar-refractivity contribution < 1.29 is 9.59 Å². The summed E-state index contributed by atoms with van der Waals surface area (Å²) in [5.41, 5.74) is 1.09. The third-order valence-corrected chi connectivity index (χ3v) is 3.80. The molecule has 1 aromatic rings. The first kappa shape index (κ1) is 16.5. The number of amides is 2. The highest BCUT2D eigenvalue weighted by Crippen LogP contribution is 2.27. The summed E-state index contributed by atoms with van der Waals surface area (Å²) in [4.78, 5) is 25.6. The molecular weight excluding hydrogens is 278 g/mol. The maximum Gasteiger partial charge on any atom is 0.242 e. The van der Waals surface area contributed by atoms with E-state index in [0.717, 1.165) is 18.0 Å². The molecule has 5 heteroatoms. The van der Waals surface area contributed by atoms with Crippen molar-refractivity contribution in [1.82, 2.24) is 15.5 Å². The van der Waals surface area contributed by atoms with Gasteiger partial charge in [0.2, 0.25) is 11.8 Å². The second-order valence-corrected chi connectivity index (χ2v) is 5.74. The van der Waals surface area contributed by atoms with Crippen molar-refractivity contribution in [1.29, 1.82) is 0 Å². The zero-order valence-electron chi connectivity index (χ0n) is 13.2. The molecule has 0 unspecified atom stereocenters. The number of carbonyl (C=O) groups excluding carboxylic acids is 2. The number of rotatable bonds is 9. The van der Waals surface area contributed by atoms with Gasteiger partial charge in [-0.25, -0.2) is 0 Å². The van der Waals surface area contributed by atoms with Gasteiger partial charge >= 0.3 is 0 Å². The number of nitrogens with one attached hydrogen (secondary N) is 2. The first-order valence-electron chi connectivity index (χ1n) is 7.98. The van der Waals surface area contributed by atoms with Gasteiger partial charge in [0.25, 0.3) is 0 Å². The molecule has 22 heavy (non-hydrogen) atoms. The number of benzene rings is 1. The fraction of sp³-hybridized carbons (Fsp3) is 0.529. The smallest absolute Gasteiger partial charge is 0.242 e. The van der Waals surface area contributed by atoms with E-state index in [9.17, 15) is 9.59 Å². The highest BCUT2D eigenvalue weighted by molar-refractivity contribution is 5.85. The molecular formula is C17H25N3O2. The van der Waals surface area contributed by atoms with Crippen LogP contribution in [0.1, 0.15) is 25.3 Å². The lowest BCUT2D eigenvalue weighted by Gasteiger charge is -2.21. The largest absolute Gasteiger partial charge is 0.346 e. The Hall–Kier alpha value is -1.88. The molecule has 1 aliphatic carbocycles. The van der Waals surface area contributed by atoms with E-state index in [0.29, 0.717) is 13.1 Å². The number of carbonyl (C=O) groups is 2. The van der Waals surface area contributed by atoms with Gasteiger partial charge in [-0.1, -0.05) is 30.3 Å². The molecule has 1 fully saturated rings. The van der Waals surface area contributed by atoms with Gasteiger partial charge in [0.05, 0.1) is 13.1 Å². The molecule has 0 bridgehead atoms. The zero-order chi connectivity index (χ0) is 15.8. The maximum absolute atomic E-state index is 12.2. The van der Waals surface area contributed by atoms with Crippen LogP contribution in [0.15, 0.2) is 30.3 Å². The van der Waals surface area contributed by atoms with Gasteiger partial charge in [-0.15, -0.1) is 0 Å². The van der Waals surface area contributed by atoms with Crippen LogP contribution in [0, 0.1) is 5.92 Å². The normalized spacial score (nSPS) is 13.7. The summed E-state index contributed by atoms with van der Waals surface area (Å²) in [6, 6.07) is 9.87. The first-order valence-corrected chi connectivity index (χ1v) is 7.98. The van der Waals surface area contributed by atoms with E-state index >= 15 is 0 Å².